The third-order valence-corrected chi connectivity index (χ3v) is 5.39. The van der Waals surface area contributed by atoms with Gasteiger partial charge in [0.25, 0.3) is 0 Å². The van der Waals surface area contributed by atoms with E-state index in [1.54, 1.807) is 12.1 Å². The minimum Gasteiger partial charge on any atom is -0.467 e. The lowest BCUT2D eigenvalue weighted by molar-refractivity contribution is -0.0169. The molecule has 0 spiro atoms. The van der Waals surface area contributed by atoms with Crippen LogP contribution in [0.15, 0.2) is 16.7 Å². The van der Waals surface area contributed by atoms with Crippen LogP contribution in [-0.4, -0.2) is 25.4 Å². The van der Waals surface area contributed by atoms with Gasteiger partial charge in [-0.05, 0) is 18.6 Å². The lowest BCUT2D eigenvalue weighted by Crippen LogP contribution is -2.15. The average molecular weight is 387 g/mol. The highest BCUT2D eigenvalue weighted by atomic mass is 35.5. The minimum atomic E-state index is -3.52. The topological polar surface area (TPSA) is 91.5 Å². The Hall–Kier alpha value is -1.64. The van der Waals surface area contributed by atoms with Gasteiger partial charge in [-0.25, -0.2) is 8.42 Å². The number of aryl methyl sites for hydroxylation is 1. The molecule has 1 aliphatic heterocycles. The first kappa shape index (κ1) is 18.2. The first-order chi connectivity index (χ1) is 12.0. The third kappa shape index (κ3) is 4.71. The highest BCUT2D eigenvalue weighted by Gasteiger charge is 2.23. The normalized spacial score (nSPS) is 14.2. The molecule has 0 amide bonds. The first-order valence-corrected chi connectivity index (χ1v) is 10.2. The molecule has 0 aliphatic carbocycles. The van der Waals surface area contributed by atoms with Gasteiger partial charge in [0.1, 0.15) is 11.5 Å². The predicted molar refractivity (Wildman–Crippen MR) is 91.0 cm³/mol. The average Bonchev–Trinajstić information content (AvgIpc) is 2.99. The summed E-state index contributed by atoms with van der Waals surface area (Å²) in [6.07, 6.45) is 2.61. The van der Waals surface area contributed by atoms with Crippen LogP contribution in [0.5, 0.6) is 5.75 Å². The largest absolute Gasteiger partial charge is 0.467 e. The van der Waals surface area contributed by atoms with Crippen molar-refractivity contribution in [1.82, 2.24) is 10.1 Å². The van der Waals surface area contributed by atoms with Crippen LogP contribution < -0.4 is 4.74 Å². The summed E-state index contributed by atoms with van der Waals surface area (Å²) < 4.78 is 40.8. The van der Waals surface area contributed by atoms with Crippen LogP contribution in [0.25, 0.3) is 0 Å². The van der Waals surface area contributed by atoms with Crippen molar-refractivity contribution >= 4 is 21.4 Å². The highest BCUT2D eigenvalue weighted by molar-refractivity contribution is 7.89. The van der Waals surface area contributed by atoms with Gasteiger partial charge in [0, 0.05) is 22.6 Å². The smallest absolute Gasteiger partial charge is 0.241 e. The number of halogens is 1. The van der Waals surface area contributed by atoms with Gasteiger partial charge in [-0.1, -0.05) is 30.1 Å². The lowest BCUT2D eigenvalue weighted by atomic mass is 10.1. The molecule has 0 fully saturated rings. The third-order valence-electron chi connectivity index (χ3n) is 3.73. The summed E-state index contributed by atoms with van der Waals surface area (Å²) >= 11 is 6.08. The number of aromatic nitrogens is 2. The van der Waals surface area contributed by atoms with Crippen LogP contribution in [0.1, 0.15) is 42.6 Å². The van der Waals surface area contributed by atoms with Gasteiger partial charge in [-0.3, -0.25) is 0 Å². The highest BCUT2D eigenvalue weighted by Crippen LogP contribution is 2.33. The summed E-state index contributed by atoms with van der Waals surface area (Å²) in [7, 11) is -3.52. The van der Waals surface area contributed by atoms with E-state index in [0.29, 0.717) is 35.2 Å². The van der Waals surface area contributed by atoms with Crippen molar-refractivity contribution in [3.8, 4) is 5.75 Å². The molecule has 0 saturated carbocycles. The van der Waals surface area contributed by atoms with Gasteiger partial charge >= 0.3 is 0 Å². The number of sulfone groups is 1. The second-order valence-electron chi connectivity index (χ2n) is 5.90. The Labute approximate surface area is 151 Å². The van der Waals surface area contributed by atoms with Crippen molar-refractivity contribution in [2.24, 2.45) is 0 Å². The molecule has 0 atom stereocenters. The Morgan fingerprint density at radius 1 is 1.28 bits per heavy atom. The molecule has 3 rings (SSSR count). The van der Waals surface area contributed by atoms with Gasteiger partial charge < -0.3 is 14.0 Å². The van der Waals surface area contributed by atoms with Crippen molar-refractivity contribution in [3.05, 3.63) is 40.0 Å². The van der Waals surface area contributed by atoms with Gasteiger partial charge in [-0.15, -0.1) is 0 Å². The molecular weight excluding hydrogens is 368 g/mol. The monoisotopic (exact) mass is 386 g/mol. The van der Waals surface area contributed by atoms with Crippen LogP contribution >= 0.6 is 11.6 Å². The van der Waals surface area contributed by atoms with E-state index in [1.165, 1.54) is 0 Å². The van der Waals surface area contributed by atoms with Gasteiger partial charge in [0.05, 0.1) is 12.4 Å². The molecule has 0 saturated heterocycles. The van der Waals surface area contributed by atoms with Crippen molar-refractivity contribution in [2.75, 3.05) is 6.79 Å². The number of fused-ring (bicyclic) bond motifs is 1. The molecule has 2 heterocycles. The summed E-state index contributed by atoms with van der Waals surface area (Å²) in [5.41, 5.74) is 1.25. The van der Waals surface area contributed by atoms with Crippen LogP contribution in [0.3, 0.4) is 0 Å². The van der Waals surface area contributed by atoms with E-state index in [2.05, 4.69) is 17.1 Å². The molecule has 7 nitrogen and oxygen atoms in total. The molecule has 1 aromatic heterocycles. The summed E-state index contributed by atoms with van der Waals surface area (Å²) in [4.78, 5) is 4.15. The fraction of sp³-hybridized carbons (Fsp3) is 0.500. The molecular formula is C16H19ClN2O5S. The van der Waals surface area contributed by atoms with Crippen molar-refractivity contribution < 1.29 is 22.4 Å². The minimum absolute atomic E-state index is 0.0894. The first-order valence-electron chi connectivity index (χ1n) is 8.00. The maximum Gasteiger partial charge on any atom is 0.241 e. The Kier molecular flexibility index (Phi) is 5.61. The van der Waals surface area contributed by atoms with E-state index in [-0.39, 0.29) is 24.2 Å². The summed E-state index contributed by atoms with van der Waals surface area (Å²) in [6.45, 7) is 2.49. The zero-order chi connectivity index (χ0) is 17.9. The molecule has 9 heteroatoms. The van der Waals surface area contributed by atoms with Crippen LogP contribution in [0.2, 0.25) is 5.02 Å². The van der Waals surface area contributed by atoms with Crippen molar-refractivity contribution in [3.63, 3.8) is 0 Å². The number of unbranched alkanes of at least 4 members (excludes halogenated alkanes) is 1. The van der Waals surface area contributed by atoms with Gasteiger partial charge in [0.15, 0.2) is 22.5 Å². The summed E-state index contributed by atoms with van der Waals surface area (Å²) in [5, 5.41) is 4.26. The summed E-state index contributed by atoms with van der Waals surface area (Å²) in [5.74, 6) is 0.624. The Balaban J connectivity index is 1.75. The van der Waals surface area contributed by atoms with E-state index in [9.17, 15) is 8.42 Å². The quantitative estimate of drug-likeness (QED) is 0.722. The number of benzene rings is 1. The second-order valence-corrected chi connectivity index (χ2v) is 8.40. The number of hydrogen-bond donors (Lipinski definition) is 0. The van der Waals surface area contributed by atoms with Crippen molar-refractivity contribution in [2.45, 2.75) is 44.3 Å². The van der Waals surface area contributed by atoms with Crippen LogP contribution in [0.4, 0.5) is 0 Å². The fourth-order valence-corrected chi connectivity index (χ4v) is 4.17. The second kappa shape index (κ2) is 7.72. The van der Waals surface area contributed by atoms with Crippen LogP contribution in [-0.2, 0) is 39.1 Å². The van der Waals surface area contributed by atoms with Crippen molar-refractivity contribution in [1.29, 1.82) is 0 Å². The standard InChI is InChI=1S/C16H19ClN2O5S/c1-2-3-4-14-18-15(24-19-14)9-25(20,21)8-12-6-13(17)5-11-7-22-10-23-16(11)12/h5-6H,2-4,7-10H2,1H3. The number of rotatable bonds is 7. The molecule has 2 aromatic rings. The van der Waals surface area contributed by atoms with Gasteiger partial charge in [-0.2, -0.15) is 4.98 Å². The van der Waals surface area contributed by atoms with E-state index >= 15 is 0 Å². The summed E-state index contributed by atoms with van der Waals surface area (Å²) in [6, 6.07) is 3.31. The number of hydrogen-bond acceptors (Lipinski definition) is 7. The van der Waals surface area contributed by atoms with E-state index in [4.69, 9.17) is 25.6 Å². The maximum absolute atomic E-state index is 12.5. The van der Waals surface area contributed by atoms with E-state index < -0.39 is 9.84 Å². The maximum atomic E-state index is 12.5. The predicted octanol–water partition coefficient (Wildman–Crippen LogP) is 3.05. The molecule has 0 bridgehead atoms. The SMILES string of the molecule is CCCCc1noc(CS(=O)(=O)Cc2cc(Cl)cc3c2OCOC3)n1. The Bertz CT molecular complexity index is 850. The molecule has 0 radical (unpaired) electrons. The van der Waals surface area contributed by atoms with E-state index in [0.717, 1.165) is 18.4 Å². The van der Waals surface area contributed by atoms with E-state index in [1.807, 2.05) is 0 Å². The Morgan fingerprint density at radius 3 is 2.92 bits per heavy atom. The molecule has 25 heavy (non-hydrogen) atoms. The van der Waals surface area contributed by atoms with Crippen LogP contribution in [0, 0.1) is 0 Å². The lowest BCUT2D eigenvalue weighted by Gasteiger charge is -2.21. The molecule has 136 valence electrons. The van der Waals surface area contributed by atoms with Gasteiger partial charge in [0.2, 0.25) is 5.89 Å². The zero-order valence-corrected chi connectivity index (χ0v) is 15.4. The molecule has 0 unspecified atom stereocenters. The zero-order valence-electron chi connectivity index (χ0n) is 13.8. The molecule has 1 aromatic carbocycles. The molecule has 0 N–H and O–H groups in total. The fourth-order valence-electron chi connectivity index (χ4n) is 2.63. The molecule has 1 aliphatic rings. The number of ether oxygens (including phenoxy) is 2. The number of nitrogens with zero attached hydrogens (tertiary/aromatic N) is 2. The Morgan fingerprint density at radius 2 is 2.12 bits per heavy atom.